The molecule has 2 aromatic rings. The van der Waals surface area contributed by atoms with E-state index in [1.807, 2.05) is 6.92 Å². The average Bonchev–Trinajstić information content (AvgIpc) is 2.55. The molecule has 0 heterocycles. The molecule has 0 aliphatic carbocycles. The van der Waals surface area contributed by atoms with Crippen LogP contribution in [0.25, 0.3) is 6.08 Å². The number of hydrogen-bond acceptors (Lipinski definition) is 4. The van der Waals surface area contributed by atoms with Gasteiger partial charge in [0.15, 0.2) is 0 Å². The Morgan fingerprint density at radius 3 is 2.67 bits per heavy atom. The summed E-state index contributed by atoms with van der Waals surface area (Å²) in [5.41, 5.74) is 0.527. The minimum Gasteiger partial charge on any atom is -0.494 e. The smallest absolute Gasteiger partial charge is 0.218 e. The van der Waals surface area contributed by atoms with Gasteiger partial charge in [0.1, 0.15) is 16.7 Å². The highest BCUT2D eigenvalue weighted by Gasteiger charge is 2.24. The summed E-state index contributed by atoms with van der Waals surface area (Å²) in [6, 6.07) is 12.6. The summed E-state index contributed by atoms with van der Waals surface area (Å²) in [5, 5.41) is 9.53. The van der Waals surface area contributed by atoms with Crippen molar-refractivity contribution in [3.05, 3.63) is 63.0 Å². The van der Waals surface area contributed by atoms with E-state index in [0.717, 1.165) is 0 Å². The minimum absolute atomic E-state index is 0.00335. The number of rotatable bonds is 5. The third kappa shape index (κ3) is 4.09. The molecule has 0 atom stereocenters. The Balaban J connectivity index is 2.53. The van der Waals surface area contributed by atoms with E-state index < -0.39 is 14.7 Å². The van der Waals surface area contributed by atoms with Gasteiger partial charge >= 0.3 is 0 Å². The summed E-state index contributed by atoms with van der Waals surface area (Å²) >= 11 is 11.8. The average molecular weight is 382 g/mol. The van der Waals surface area contributed by atoms with Crippen molar-refractivity contribution in [1.82, 2.24) is 0 Å². The molecule has 2 rings (SSSR count). The monoisotopic (exact) mass is 381 g/mol. The van der Waals surface area contributed by atoms with Crippen LogP contribution < -0.4 is 4.74 Å². The molecule has 0 unspecified atom stereocenters. The van der Waals surface area contributed by atoms with Crippen LogP contribution in [-0.2, 0) is 9.84 Å². The molecule has 4 nitrogen and oxygen atoms in total. The zero-order chi connectivity index (χ0) is 17.7. The lowest BCUT2D eigenvalue weighted by atomic mass is 10.2. The molecular formula is C17H13Cl2NO3S. The Bertz CT molecular complexity index is 931. The summed E-state index contributed by atoms with van der Waals surface area (Å²) in [6.45, 7) is 2.32. The molecule has 0 aliphatic heterocycles. The van der Waals surface area contributed by atoms with Crippen LogP contribution in [0, 0.1) is 11.3 Å². The Morgan fingerprint density at radius 1 is 1.25 bits per heavy atom. The van der Waals surface area contributed by atoms with Crippen LogP contribution in [0.2, 0.25) is 10.0 Å². The van der Waals surface area contributed by atoms with Gasteiger partial charge in [0.05, 0.1) is 16.5 Å². The first kappa shape index (κ1) is 18.3. The van der Waals surface area contributed by atoms with Crippen molar-refractivity contribution in [2.24, 2.45) is 0 Å². The van der Waals surface area contributed by atoms with Gasteiger partial charge in [0.2, 0.25) is 9.84 Å². The minimum atomic E-state index is -4.08. The lowest BCUT2D eigenvalue weighted by Gasteiger charge is -2.07. The van der Waals surface area contributed by atoms with Gasteiger partial charge in [0, 0.05) is 5.02 Å². The second kappa shape index (κ2) is 7.71. The second-order valence-corrected chi connectivity index (χ2v) is 7.43. The van der Waals surface area contributed by atoms with E-state index in [4.69, 9.17) is 27.9 Å². The summed E-state index contributed by atoms with van der Waals surface area (Å²) in [6.07, 6.45) is 1.27. The van der Waals surface area contributed by atoms with E-state index in [2.05, 4.69) is 0 Å². The molecule has 0 N–H and O–H groups in total. The van der Waals surface area contributed by atoms with E-state index in [-0.39, 0.29) is 14.9 Å². The molecule has 124 valence electrons. The highest BCUT2D eigenvalue weighted by atomic mass is 35.5. The van der Waals surface area contributed by atoms with Crippen LogP contribution >= 0.6 is 23.2 Å². The third-order valence-corrected chi connectivity index (χ3v) is 5.43. The number of ether oxygens (including phenoxy) is 1. The van der Waals surface area contributed by atoms with Crippen LogP contribution in [0.15, 0.2) is 52.3 Å². The first-order chi connectivity index (χ1) is 11.4. The lowest BCUT2D eigenvalue weighted by Crippen LogP contribution is -2.04. The van der Waals surface area contributed by atoms with Crippen LogP contribution in [0.1, 0.15) is 12.5 Å². The van der Waals surface area contributed by atoms with E-state index in [1.165, 1.54) is 24.3 Å². The van der Waals surface area contributed by atoms with Gasteiger partial charge in [-0.1, -0.05) is 35.3 Å². The van der Waals surface area contributed by atoms with Gasteiger partial charge in [-0.05, 0) is 48.9 Å². The maximum Gasteiger partial charge on any atom is 0.218 e. The van der Waals surface area contributed by atoms with Crippen molar-refractivity contribution in [2.75, 3.05) is 6.61 Å². The first-order valence-electron chi connectivity index (χ1n) is 6.93. The van der Waals surface area contributed by atoms with Crippen LogP contribution in [0.4, 0.5) is 0 Å². The molecule has 0 saturated heterocycles. The van der Waals surface area contributed by atoms with Crippen molar-refractivity contribution in [1.29, 1.82) is 5.26 Å². The van der Waals surface area contributed by atoms with Crippen molar-refractivity contribution in [3.63, 3.8) is 0 Å². The number of nitrogens with zero attached hydrogens (tertiary/aromatic N) is 1. The van der Waals surface area contributed by atoms with Gasteiger partial charge in [-0.2, -0.15) is 5.26 Å². The molecule has 0 fully saturated rings. The predicted octanol–water partition coefficient (Wildman–Crippen LogP) is 4.73. The van der Waals surface area contributed by atoms with Crippen molar-refractivity contribution in [2.45, 2.75) is 11.8 Å². The zero-order valence-electron chi connectivity index (χ0n) is 12.7. The lowest BCUT2D eigenvalue weighted by molar-refractivity contribution is 0.340. The molecule has 0 bridgehead atoms. The van der Waals surface area contributed by atoms with E-state index >= 15 is 0 Å². The summed E-state index contributed by atoms with van der Waals surface area (Å²) in [4.78, 5) is -0.634. The highest BCUT2D eigenvalue weighted by Crippen LogP contribution is 2.30. The van der Waals surface area contributed by atoms with Crippen LogP contribution in [-0.4, -0.2) is 15.0 Å². The quantitative estimate of drug-likeness (QED) is 0.701. The maximum absolute atomic E-state index is 12.7. The summed E-state index contributed by atoms with van der Waals surface area (Å²) in [7, 11) is -4.08. The number of halogens is 2. The Hall–Kier alpha value is -2.00. The predicted molar refractivity (Wildman–Crippen MR) is 94.8 cm³/mol. The normalized spacial score (nSPS) is 11.8. The van der Waals surface area contributed by atoms with E-state index in [1.54, 1.807) is 30.3 Å². The SMILES string of the molecule is CCOc1cccc(/C=C(\C#N)S(=O)(=O)c2cc(Cl)ccc2Cl)c1. The van der Waals surface area contributed by atoms with Crippen molar-refractivity contribution >= 4 is 39.1 Å². The number of hydrogen-bond donors (Lipinski definition) is 0. The molecule has 0 aromatic heterocycles. The van der Waals surface area contributed by atoms with Gasteiger partial charge in [-0.15, -0.1) is 0 Å². The Morgan fingerprint density at radius 2 is 2.00 bits per heavy atom. The Labute approximate surface area is 150 Å². The molecule has 0 radical (unpaired) electrons. The maximum atomic E-state index is 12.7. The fourth-order valence-electron chi connectivity index (χ4n) is 1.98. The van der Waals surface area contributed by atoms with Gasteiger partial charge in [-0.25, -0.2) is 8.42 Å². The third-order valence-electron chi connectivity index (χ3n) is 3.05. The first-order valence-corrected chi connectivity index (χ1v) is 9.17. The fraction of sp³-hybridized carbons (Fsp3) is 0.118. The van der Waals surface area contributed by atoms with Gasteiger partial charge in [0.25, 0.3) is 0 Å². The zero-order valence-corrected chi connectivity index (χ0v) is 15.0. The number of sulfone groups is 1. The van der Waals surface area contributed by atoms with E-state index in [9.17, 15) is 13.7 Å². The standard InChI is InChI=1S/C17H13Cl2NO3S/c1-2-23-14-5-3-4-12(8-14)9-15(11-20)24(21,22)17-10-13(18)6-7-16(17)19/h3-10H,2H2,1H3/b15-9+. The molecule has 0 spiro atoms. The van der Waals surface area contributed by atoms with Crippen LogP contribution in [0.5, 0.6) is 5.75 Å². The molecule has 7 heteroatoms. The second-order valence-electron chi connectivity index (χ2n) is 4.70. The Kier molecular flexibility index (Phi) is 5.89. The molecule has 24 heavy (non-hydrogen) atoms. The number of benzene rings is 2. The van der Waals surface area contributed by atoms with E-state index in [0.29, 0.717) is 17.9 Å². The highest BCUT2D eigenvalue weighted by molar-refractivity contribution is 7.95. The van der Waals surface area contributed by atoms with Crippen LogP contribution in [0.3, 0.4) is 0 Å². The summed E-state index contributed by atoms with van der Waals surface area (Å²) < 4.78 is 30.7. The molecule has 0 saturated carbocycles. The largest absolute Gasteiger partial charge is 0.494 e. The summed E-state index contributed by atoms with van der Waals surface area (Å²) in [5.74, 6) is 0.585. The molecular weight excluding hydrogens is 369 g/mol. The van der Waals surface area contributed by atoms with Gasteiger partial charge in [-0.3, -0.25) is 0 Å². The number of allylic oxidation sites excluding steroid dienone is 1. The number of nitriles is 1. The molecule has 0 aliphatic rings. The van der Waals surface area contributed by atoms with Crippen molar-refractivity contribution in [3.8, 4) is 11.8 Å². The topological polar surface area (TPSA) is 67.2 Å². The van der Waals surface area contributed by atoms with Gasteiger partial charge < -0.3 is 4.74 Å². The molecule has 0 amide bonds. The molecule has 2 aromatic carbocycles. The van der Waals surface area contributed by atoms with Crippen molar-refractivity contribution < 1.29 is 13.2 Å². The fourth-order valence-corrected chi connectivity index (χ4v) is 3.90.